The summed E-state index contributed by atoms with van der Waals surface area (Å²) < 4.78 is 4.87. The maximum atomic E-state index is 11.3. The molecule has 0 aliphatic heterocycles. The van der Waals surface area contributed by atoms with Crippen LogP contribution in [0.1, 0.15) is 24.8 Å². The van der Waals surface area contributed by atoms with Gasteiger partial charge in [0.1, 0.15) is 0 Å². The largest absolute Gasteiger partial charge is 0.463 e. The summed E-state index contributed by atoms with van der Waals surface area (Å²) in [4.78, 5) is 11.3. The molecule has 3 heteroatoms. The van der Waals surface area contributed by atoms with Crippen molar-refractivity contribution >= 4 is 21.9 Å². The summed E-state index contributed by atoms with van der Waals surface area (Å²) in [6.45, 7) is 2.22. The zero-order chi connectivity index (χ0) is 12.5. The smallest absolute Gasteiger partial charge is 0.330 e. The predicted octanol–water partition coefficient (Wildman–Crippen LogP) is 3.67. The molecule has 1 atom stereocenters. The number of esters is 1. The number of allylic oxidation sites excluding steroid dienone is 1. The third kappa shape index (κ3) is 5.18. The Morgan fingerprint density at radius 2 is 2.12 bits per heavy atom. The first-order chi connectivity index (χ1) is 8.27. The molecule has 92 valence electrons. The first-order valence-corrected chi connectivity index (χ1v) is 6.86. The SMILES string of the molecule is CCOC(=O)/C=C/C(CCBr)c1ccccc1. The van der Waals surface area contributed by atoms with Crippen molar-refractivity contribution in [3.8, 4) is 0 Å². The second kappa shape index (κ2) is 8.07. The Bertz CT molecular complexity index is 360. The van der Waals surface area contributed by atoms with Crippen LogP contribution in [0.25, 0.3) is 0 Å². The van der Waals surface area contributed by atoms with Crippen LogP contribution < -0.4 is 0 Å². The number of hydrogen-bond acceptors (Lipinski definition) is 2. The number of hydrogen-bond donors (Lipinski definition) is 0. The Hall–Kier alpha value is -1.09. The van der Waals surface area contributed by atoms with E-state index >= 15 is 0 Å². The minimum Gasteiger partial charge on any atom is -0.463 e. The van der Waals surface area contributed by atoms with Crippen LogP contribution in [-0.4, -0.2) is 17.9 Å². The highest BCUT2D eigenvalue weighted by molar-refractivity contribution is 9.09. The van der Waals surface area contributed by atoms with Gasteiger partial charge in [0.25, 0.3) is 0 Å². The molecular formula is C14H17BrO2. The summed E-state index contributed by atoms with van der Waals surface area (Å²) >= 11 is 3.44. The minimum absolute atomic E-state index is 0.250. The molecule has 1 aromatic carbocycles. The van der Waals surface area contributed by atoms with Gasteiger partial charge in [0.05, 0.1) is 6.61 Å². The van der Waals surface area contributed by atoms with Crippen LogP contribution in [0, 0.1) is 0 Å². The predicted molar refractivity (Wildman–Crippen MR) is 73.4 cm³/mol. The van der Waals surface area contributed by atoms with Crippen molar-refractivity contribution in [2.45, 2.75) is 19.3 Å². The van der Waals surface area contributed by atoms with Crippen molar-refractivity contribution < 1.29 is 9.53 Å². The monoisotopic (exact) mass is 296 g/mol. The van der Waals surface area contributed by atoms with Gasteiger partial charge in [0, 0.05) is 17.3 Å². The Morgan fingerprint density at radius 1 is 1.41 bits per heavy atom. The highest BCUT2D eigenvalue weighted by Gasteiger charge is 2.07. The normalized spacial score (nSPS) is 12.6. The lowest BCUT2D eigenvalue weighted by atomic mass is 9.96. The molecule has 0 aromatic heterocycles. The molecule has 0 aliphatic rings. The fraction of sp³-hybridized carbons (Fsp3) is 0.357. The second-order valence-corrected chi connectivity index (χ2v) is 4.40. The maximum absolute atomic E-state index is 11.3. The Balaban J connectivity index is 2.70. The Labute approximate surface area is 111 Å². The fourth-order valence-corrected chi connectivity index (χ4v) is 2.07. The van der Waals surface area contributed by atoms with Gasteiger partial charge in [-0.05, 0) is 18.9 Å². The number of carbonyl (C=O) groups excluding carboxylic acids is 1. The number of carbonyl (C=O) groups is 1. The van der Waals surface area contributed by atoms with E-state index in [0.29, 0.717) is 6.61 Å². The fourth-order valence-electron chi connectivity index (χ4n) is 1.58. The molecule has 0 radical (unpaired) electrons. The molecule has 0 saturated carbocycles. The lowest BCUT2D eigenvalue weighted by Crippen LogP contribution is -2.02. The summed E-state index contributed by atoms with van der Waals surface area (Å²) in [6, 6.07) is 10.2. The summed E-state index contributed by atoms with van der Waals surface area (Å²) in [5, 5.41) is 0.903. The minimum atomic E-state index is -0.275. The van der Waals surface area contributed by atoms with E-state index in [0.717, 1.165) is 11.8 Å². The first kappa shape index (κ1) is 14.0. The molecule has 0 spiro atoms. The molecule has 0 fully saturated rings. The molecule has 0 heterocycles. The highest BCUT2D eigenvalue weighted by atomic mass is 79.9. The number of benzene rings is 1. The highest BCUT2D eigenvalue weighted by Crippen LogP contribution is 2.21. The van der Waals surface area contributed by atoms with Crippen molar-refractivity contribution in [1.82, 2.24) is 0 Å². The molecule has 1 unspecified atom stereocenters. The summed E-state index contributed by atoms with van der Waals surface area (Å²) in [7, 11) is 0. The van der Waals surface area contributed by atoms with Gasteiger partial charge >= 0.3 is 5.97 Å². The Kier molecular flexibility index (Phi) is 6.63. The van der Waals surface area contributed by atoms with Gasteiger partial charge in [-0.2, -0.15) is 0 Å². The van der Waals surface area contributed by atoms with Crippen LogP contribution in [0.5, 0.6) is 0 Å². The van der Waals surface area contributed by atoms with Crippen LogP contribution in [0.2, 0.25) is 0 Å². The molecule has 0 amide bonds. The lowest BCUT2D eigenvalue weighted by Gasteiger charge is -2.11. The molecule has 2 nitrogen and oxygen atoms in total. The van der Waals surface area contributed by atoms with E-state index in [9.17, 15) is 4.79 Å². The summed E-state index contributed by atoms with van der Waals surface area (Å²) in [5.74, 6) is -0.0250. The molecule has 0 saturated heterocycles. The molecule has 0 aliphatic carbocycles. The van der Waals surface area contributed by atoms with Crippen molar-refractivity contribution in [3.63, 3.8) is 0 Å². The van der Waals surface area contributed by atoms with E-state index in [1.165, 1.54) is 11.6 Å². The van der Waals surface area contributed by atoms with E-state index in [2.05, 4.69) is 28.1 Å². The van der Waals surface area contributed by atoms with Gasteiger partial charge in [-0.15, -0.1) is 0 Å². The Morgan fingerprint density at radius 3 is 2.71 bits per heavy atom. The third-order valence-electron chi connectivity index (χ3n) is 2.40. The number of alkyl halides is 1. The first-order valence-electron chi connectivity index (χ1n) is 5.73. The third-order valence-corrected chi connectivity index (χ3v) is 2.86. The molecule has 17 heavy (non-hydrogen) atoms. The van der Waals surface area contributed by atoms with E-state index in [-0.39, 0.29) is 11.9 Å². The van der Waals surface area contributed by atoms with E-state index < -0.39 is 0 Å². The standard InChI is InChI=1S/C14H17BrO2/c1-2-17-14(16)9-8-13(10-11-15)12-6-4-3-5-7-12/h3-9,13H,2,10-11H2,1H3/b9-8+. The maximum Gasteiger partial charge on any atom is 0.330 e. The van der Waals surface area contributed by atoms with Crippen molar-refractivity contribution in [2.75, 3.05) is 11.9 Å². The van der Waals surface area contributed by atoms with E-state index in [1.807, 2.05) is 24.3 Å². The van der Waals surface area contributed by atoms with E-state index in [1.54, 1.807) is 6.92 Å². The summed E-state index contributed by atoms with van der Waals surface area (Å²) in [5.41, 5.74) is 1.22. The van der Waals surface area contributed by atoms with Gasteiger partial charge in [-0.1, -0.05) is 52.3 Å². The van der Waals surface area contributed by atoms with E-state index in [4.69, 9.17) is 4.74 Å². The summed E-state index contributed by atoms with van der Waals surface area (Å²) in [6.07, 6.45) is 4.39. The van der Waals surface area contributed by atoms with Crippen LogP contribution >= 0.6 is 15.9 Å². The number of halogens is 1. The van der Waals surface area contributed by atoms with Crippen LogP contribution in [-0.2, 0) is 9.53 Å². The average molecular weight is 297 g/mol. The topological polar surface area (TPSA) is 26.3 Å². The molecule has 0 bridgehead atoms. The zero-order valence-corrected chi connectivity index (χ0v) is 11.5. The van der Waals surface area contributed by atoms with Gasteiger partial charge in [-0.3, -0.25) is 0 Å². The number of rotatable bonds is 6. The lowest BCUT2D eigenvalue weighted by molar-refractivity contribution is -0.137. The van der Waals surface area contributed by atoms with Crippen molar-refractivity contribution in [2.24, 2.45) is 0 Å². The quantitative estimate of drug-likeness (QED) is 0.455. The van der Waals surface area contributed by atoms with Gasteiger partial charge < -0.3 is 4.74 Å². The molecular weight excluding hydrogens is 280 g/mol. The molecule has 1 rings (SSSR count). The van der Waals surface area contributed by atoms with Crippen LogP contribution in [0.3, 0.4) is 0 Å². The van der Waals surface area contributed by atoms with Crippen LogP contribution in [0.4, 0.5) is 0 Å². The zero-order valence-electron chi connectivity index (χ0n) is 9.93. The number of ether oxygens (including phenoxy) is 1. The molecule has 0 N–H and O–H groups in total. The van der Waals surface area contributed by atoms with Gasteiger partial charge in [0.15, 0.2) is 0 Å². The van der Waals surface area contributed by atoms with Crippen molar-refractivity contribution in [1.29, 1.82) is 0 Å². The van der Waals surface area contributed by atoms with Gasteiger partial charge in [-0.25, -0.2) is 4.79 Å². The van der Waals surface area contributed by atoms with Gasteiger partial charge in [0.2, 0.25) is 0 Å². The second-order valence-electron chi connectivity index (χ2n) is 3.61. The average Bonchev–Trinajstić information content (AvgIpc) is 2.36. The molecule has 1 aromatic rings. The van der Waals surface area contributed by atoms with Crippen LogP contribution in [0.15, 0.2) is 42.5 Å². The van der Waals surface area contributed by atoms with Crippen molar-refractivity contribution in [3.05, 3.63) is 48.0 Å².